The van der Waals surface area contributed by atoms with Gasteiger partial charge in [0.25, 0.3) is 0 Å². The van der Waals surface area contributed by atoms with Crippen LogP contribution in [-0.2, 0) is 16.0 Å². The van der Waals surface area contributed by atoms with Gasteiger partial charge in [-0.25, -0.2) is 4.79 Å². The smallest absolute Gasteiger partial charge is 0.326 e. The highest BCUT2D eigenvalue weighted by molar-refractivity contribution is 9.10. The highest BCUT2D eigenvalue weighted by Crippen LogP contribution is 2.13. The number of aliphatic carboxylic acids is 1. The Morgan fingerprint density at radius 2 is 2.20 bits per heavy atom. The molecule has 0 aliphatic heterocycles. The first-order chi connectivity index (χ1) is 9.52. The maximum atomic E-state index is 11.8. The van der Waals surface area contributed by atoms with E-state index in [9.17, 15) is 9.59 Å². The number of amides is 1. The van der Waals surface area contributed by atoms with E-state index in [1.165, 1.54) is 0 Å². The molecule has 4 nitrogen and oxygen atoms in total. The summed E-state index contributed by atoms with van der Waals surface area (Å²) in [7, 11) is 0. The van der Waals surface area contributed by atoms with E-state index in [0.717, 1.165) is 10.0 Å². The normalized spacial score (nSPS) is 11.9. The lowest BCUT2D eigenvalue weighted by molar-refractivity contribution is -0.141. The van der Waals surface area contributed by atoms with Crippen molar-refractivity contribution in [3.63, 3.8) is 0 Å². The molecular formula is C14H18BrNO3S. The Morgan fingerprint density at radius 1 is 1.45 bits per heavy atom. The van der Waals surface area contributed by atoms with E-state index >= 15 is 0 Å². The zero-order valence-corrected chi connectivity index (χ0v) is 13.7. The molecule has 1 amide bonds. The van der Waals surface area contributed by atoms with E-state index < -0.39 is 12.0 Å². The third kappa shape index (κ3) is 6.43. The van der Waals surface area contributed by atoms with Crippen LogP contribution in [0.3, 0.4) is 0 Å². The summed E-state index contributed by atoms with van der Waals surface area (Å²) in [6.45, 7) is 0. The second-order valence-corrected chi connectivity index (χ2v) is 6.27. The minimum absolute atomic E-state index is 0.224. The van der Waals surface area contributed by atoms with Crippen molar-refractivity contribution in [3.8, 4) is 0 Å². The van der Waals surface area contributed by atoms with Crippen molar-refractivity contribution in [1.29, 1.82) is 0 Å². The van der Waals surface area contributed by atoms with Gasteiger partial charge in [-0.1, -0.05) is 28.1 Å². The highest BCUT2D eigenvalue weighted by Gasteiger charge is 2.18. The van der Waals surface area contributed by atoms with Gasteiger partial charge in [-0.15, -0.1) is 0 Å². The van der Waals surface area contributed by atoms with Gasteiger partial charge >= 0.3 is 5.97 Å². The summed E-state index contributed by atoms with van der Waals surface area (Å²) in [6, 6.07) is 6.94. The Hall–Kier alpha value is -1.01. The van der Waals surface area contributed by atoms with Crippen LogP contribution in [0, 0.1) is 0 Å². The van der Waals surface area contributed by atoms with Crippen LogP contribution in [0.2, 0.25) is 0 Å². The molecule has 2 N–H and O–H groups in total. The number of carbonyl (C=O) groups excluding carboxylic acids is 1. The van der Waals surface area contributed by atoms with Crippen LogP contribution < -0.4 is 5.32 Å². The number of carbonyl (C=O) groups is 2. The van der Waals surface area contributed by atoms with Crippen LogP contribution in [-0.4, -0.2) is 35.0 Å². The number of halogens is 1. The first kappa shape index (κ1) is 17.0. The van der Waals surface area contributed by atoms with Crippen molar-refractivity contribution in [2.75, 3.05) is 12.0 Å². The molecule has 0 spiro atoms. The van der Waals surface area contributed by atoms with Gasteiger partial charge in [-0.3, -0.25) is 4.79 Å². The van der Waals surface area contributed by atoms with E-state index in [1.807, 2.05) is 30.5 Å². The molecule has 0 aliphatic rings. The molecule has 110 valence electrons. The summed E-state index contributed by atoms with van der Waals surface area (Å²) >= 11 is 4.94. The fourth-order valence-corrected chi connectivity index (χ4v) is 2.63. The number of nitrogens with one attached hydrogen (secondary N) is 1. The van der Waals surface area contributed by atoms with Gasteiger partial charge in [0.15, 0.2) is 0 Å². The molecular weight excluding hydrogens is 342 g/mol. The molecule has 0 saturated heterocycles. The van der Waals surface area contributed by atoms with Crippen molar-refractivity contribution in [1.82, 2.24) is 5.32 Å². The SMILES string of the molecule is CSCCC(NC(=O)CCc1cccc(Br)c1)C(=O)O. The number of aryl methyl sites for hydroxylation is 1. The van der Waals surface area contributed by atoms with Gasteiger partial charge in [0.05, 0.1) is 0 Å². The molecule has 0 bridgehead atoms. The molecule has 0 heterocycles. The lowest BCUT2D eigenvalue weighted by atomic mass is 10.1. The second-order valence-electron chi connectivity index (χ2n) is 4.37. The summed E-state index contributed by atoms with van der Waals surface area (Å²) in [5, 5.41) is 11.6. The quantitative estimate of drug-likeness (QED) is 0.748. The van der Waals surface area contributed by atoms with Crippen molar-refractivity contribution < 1.29 is 14.7 Å². The van der Waals surface area contributed by atoms with E-state index in [4.69, 9.17) is 5.11 Å². The molecule has 0 aliphatic carbocycles. The molecule has 1 aromatic carbocycles. The van der Waals surface area contributed by atoms with Gasteiger partial charge < -0.3 is 10.4 Å². The number of hydrogen-bond donors (Lipinski definition) is 2. The first-order valence-electron chi connectivity index (χ1n) is 6.28. The third-order valence-electron chi connectivity index (χ3n) is 2.77. The average Bonchev–Trinajstić information content (AvgIpc) is 2.41. The van der Waals surface area contributed by atoms with Crippen molar-refractivity contribution >= 4 is 39.6 Å². The predicted octanol–water partition coefficient (Wildman–Crippen LogP) is 2.70. The first-order valence-corrected chi connectivity index (χ1v) is 8.47. The topological polar surface area (TPSA) is 66.4 Å². The van der Waals surface area contributed by atoms with E-state index in [0.29, 0.717) is 25.0 Å². The Labute approximate surface area is 131 Å². The summed E-state index contributed by atoms with van der Waals surface area (Å²) in [5.41, 5.74) is 1.05. The minimum atomic E-state index is -0.977. The van der Waals surface area contributed by atoms with Crippen LogP contribution >= 0.6 is 27.7 Å². The molecule has 1 atom stereocenters. The van der Waals surface area contributed by atoms with Crippen molar-refractivity contribution in [3.05, 3.63) is 34.3 Å². The molecule has 0 saturated carbocycles. The van der Waals surface area contributed by atoms with Gasteiger partial charge in [0.2, 0.25) is 5.91 Å². The summed E-state index contributed by atoms with van der Waals surface area (Å²) in [4.78, 5) is 22.8. The minimum Gasteiger partial charge on any atom is -0.480 e. The van der Waals surface area contributed by atoms with Crippen LogP contribution in [0.25, 0.3) is 0 Å². The average molecular weight is 360 g/mol. The monoisotopic (exact) mass is 359 g/mol. The Balaban J connectivity index is 2.43. The number of carboxylic acid groups (broad SMARTS) is 1. The Morgan fingerprint density at radius 3 is 2.80 bits per heavy atom. The number of thioether (sulfide) groups is 1. The van der Waals surface area contributed by atoms with E-state index in [1.54, 1.807) is 11.8 Å². The highest BCUT2D eigenvalue weighted by atomic mass is 79.9. The molecule has 1 aromatic rings. The molecule has 6 heteroatoms. The molecule has 0 fully saturated rings. The predicted molar refractivity (Wildman–Crippen MR) is 85.0 cm³/mol. The van der Waals surface area contributed by atoms with Gasteiger partial charge in [-0.2, -0.15) is 11.8 Å². The number of hydrogen-bond acceptors (Lipinski definition) is 3. The molecule has 1 unspecified atom stereocenters. The molecule has 1 rings (SSSR count). The van der Waals surface area contributed by atoms with E-state index in [2.05, 4.69) is 21.2 Å². The van der Waals surface area contributed by atoms with Gasteiger partial charge in [-0.05, 0) is 42.5 Å². The Kier molecular flexibility index (Phi) is 7.69. The van der Waals surface area contributed by atoms with E-state index in [-0.39, 0.29) is 5.91 Å². The standard InChI is InChI=1S/C14H18BrNO3S/c1-20-8-7-12(14(18)19)16-13(17)6-5-10-3-2-4-11(15)9-10/h2-4,9,12H,5-8H2,1H3,(H,16,17)(H,18,19). The number of carboxylic acids is 1. The van der Waals surface area contributed by atoms with Gasteiger partial charge in [0.1, 0.15) is 6.04 Å². The van der Waals surface area contributed by atoms with Crippen LogP contribution in [0.15, 0.2) is 28.7 Å². The maximum Gasteiger partial charge on any atom is 0.326 e. The zero-order chi connectivity index (χ0) is 15.0. The molecule has 0 aromatic heterocycles. The maximum absolute atomic E-state index is 11.8. The fraction of sp³-hybridized carbons (Fsp3) is 0.429. The van der Waals surface area contributed by atoms with Crippen molar-refractivity contribution in [2.24, 2.45) is 0 Å². The zero-order valence-electron chi connectivity index (χ0n) is 11.3. The number of benzene rings is 1. The molecule has 20 heavy (non-hydrogen) atoms. The van der Waals surface area contributed by atoms with Crippen LogP contribution in [0.1, 0.15) is 18.4 Å². The van der Waals surface area contributed by atoms with Crippen LogP contribution in [0.5, 0.6) is 0 Å². The van der Waals surface area contributed by atoms with Crippen LogP contribution in [0.4, 0.5) is 0 Å². The third-order valence-corrected chi connectivity index (χ3v) is 3.91. The lowest BCUT2D eigenvalue weighted by Crippen LogP contribution is -2.41. The fourth-order valence-electron chi connectivity index (χ4n) is 1.71. The summed E-state index contributed by atoms with van der Waals surface area (Å²) < 4.78 is 0.971. The Bertz CT molecular complexity index is 467. The summed E-state index contributed by atoms with van der Waals surface area (Å²) in [5.74, 6) is -0.489. The number of rotatable bonds is 8. The lowest BCUT2D eigenvalue weighted by Gasteiger charge is -2.13. The van der Waals surface area contributed by atoms with Gasteiger partial charge in [0, 0.05) is 10.9 Å². The second kappa shape index (κ2) is 9.02. The van der Waals surface area contributed by atoms with Crippen molar-refractivity contribution in [2.45, 2.75) is 25.3 Å². The summed E-state index contributed by atoms with van der Waals surface area (Å²) in [6.07, 6.45) is 3.24. The molecule has 0 radical (unpaired) electrons. The largest absolute Gasteiger partial charge is 0.480 e.